The lowest BCUT2D eigenvalue weighted by Crippen LogP contribution is -2.47. The van der Waals surface area contributed by atoms with E-state index in [1.54, 1.807) is 0 Å². The maximum absolute atomic E-state index is 12.9. The summed E-state index contributed by atoms with van der Waals surface area (Å²) in [5.41, 5.74) is 2.15. The molecule has 2 fully saturated rings. The molecule has 2 rings (SSSR count). The first-order valence-electron chi connectivity index (χ1n) is 5.53. The molecule has 0 heterocycles. The zero-order chi connectivity index (χ0) is 11.1. The van der Waals surface area contributed by atoms with Crippen LogP contribution in [-0.4, -0.2) is 11.4 Å². The van der Waals surface area contributed by atoms with Gasteiger partial charge in [0, 0.05) is 0 Å². The van der Waals surface area contributed by atoms with Gasteiger partial charge >= 0.3 is 5.38 Å². The van der Waals surface area contributed by atoms with Crippen LogP contribution in [0.4, 0.5) is 8.78 Å². The van der Waals surface area contributed by atoms with Gasteiger partial charge in [0.05, 0.1) is 6.04 Å². The average Bonchev–Trinajstić information content (AvgIpc) is 2.72. The highest BCUT2D eigenvalue weighted by Gasteiger charge is 2.44. The zero-order valence-electron chi connectivity index (χ0n) is 8.56. The first-order valence-corrected chi connectivity index (χ1v) is 5.91. The van der Waals surface area contributed by atoms with E-state index in [9.17, 15) is 8.78 Å². The molecule has 4 atom stereocenters. The lowest BCUT2D eigenvalue weighted by molar-refractivity contribution is 0.0355. The Kier molecular flexibility index (Phi) is 3.20. The van der Waals surface area contributed by atoms with Gasteiger partial charge in [0.2, 0.25) is 0 Å². The fourth-order valence-electron chi connectivity index (χ4n) is 3.26. The highest BCUT2D eigenvalue weighted by Crippen LogP contribution is 2.50. The minimum absolute atomic E-state index is 0.384. The van der Waals surface area contributed by atoms with E-state index in [0.29, 0.717) is 18.3 Å². The van der Waals surface area contributed by atoms with Gasteiger partial charge in [-0.1, -0.05) is 6.42 Å². The van der Waals surface area contributed by atoms with Crippen LogP contribution < -0.4 is 11.3 Å². The summed E-state index contributed by atoms with van der Waals surface area (Å²) in [4.78, 5) is 0. The fourth-order valence-corrected chi connectivity index (χ4v) is 3.42. The van der Waals surface area contributed by atoms with Crippen LogP contribution >= 0.6 is 11.6 Å². The van der Waals surface area contributed by atoms with Crippen molar-refractivity contribution >= 4 is 11.6 Å². The molecule has 2 nitrogen and oxygen atoms in total. The van der Waals surface area contributed by atoms with E-state index in [0.717, 1.165) is 12.3 Å². The van der Waals surface area contributed by atoms with E-state index in [1.807, 2.05) is 0 Å². The van der Waals surface area contributed by atoms with E-state index in [-0.39, 0.29) is 0 Å². The Labute approximate surface area is 93.5 Å². The molecule has 0 aromatic rings. The van der Waals surface area contributed by atoms with Crippen molar-refractivity contribution in [1.29, 1.82) is 0 Å². The maximum atomic E-state index is 12.9. The second-order valence-corrected chi connectivity index (χ2v) is 5.44. The maximum Gasteiger partial charge on any atom is 0.338 e. The van der Waals surface area contributed by atoms with Crippen LogP contribution in [0, 0.1) is 17.8 Å². The number of hydrogen-bond donors (Lipinski definition) is 2. The number of halogens is 3. The highest BCUT2D eigenvalue weighted by atomic mass is 35.5. The number of fused-ring (bicyclic) bond motifs is 2. The molecule has 0 spiro atoms. The molecule has 0 saturated heterocycles. The number of nitrogens with one attached hydrogen (secondary N) is 1. The van der Waals surface area contributed by atoms with Gasteiger partial charge in [-0.3, -0.25) is 5.84 Å². The number of nitrogens with two attached hydrogens (primary N) is 1. The third kappa shape index (κ3) is 2.43. The molecule has 0 aliphatic heterocycles. The molecular formula is C10H17ClF2N2. The van der Waals surface area contributed by atoms with Gasteiger partial charge in [0.15, 0.2) is 0 Å². The largest absolute Gasteiger partial charge is 0.338 e. The Morgan fingerprint density at radius 1 is 1.40 bits per heavy atom. The summed E-state index contributed by atoms with van der Waals surface area (Å²) >= 11 is 5.00. The average molecular weight is 239 g/mol. The van der Waals surface area contributed by atoms with Crippen molar-refractivity contribution in [3.63, 3.8) is 0 Å². The Balaban J connectivity index is 1.90. The molecule has 3 N–H and O–H groups in total. The molecule has 4 unspecified atom stereocenters. The van der Waals surface area contributed by atoms with Crippen LogP contribution in [0.5, 0.6) is 0 Å². The molecule has 0 amide bonds. The third-order valence-electron chi connectivity index (χ3n) is 4.02. The molecule has 88 valence electrons. The highest BCUT2D eigenvalue weighted by molar-refractivity contribution is 6.22. The normalized spacial score (nSPS) is 37.2. The number of hydrazine groups is 1. The molecule has 2 bridgehead atoms. The molecule has 5 heteroatoms. The van der Waals surface area contributed by atoms with E-state index in [4.69, 9.17) is 17.4 Å². The summed E-state index contributed by atoms with van der Waals surface area (Å²) in [6, 6.07) is -1.09. The van der Waals surface area contributed by atoms with E-state index < -0.39 is 11.4 Å². The Morgan fingerprint density at radius 3 is 2.53 bits per heavy atom. The smallest absolute Gasteiger partial charge is 0.271 e. The molecule has 15 heavy (non-hydrogen) atoms. The summed E-state index contributed by atoms with van der Waals surface area (Å²) in [7, 11) is 0. The number of rotatable bonds is 4. The van der Waals surface area contributed by atoms with Crippen LogP contribution in [0.25, 0.3) is 0 Å². The van der Waals surface area contributed by atoms with Gasteiger partial charge in [0.1, 0.15) is 0 Å². The second kappa shape index (κ2) is 4.15. The van der Waals surface area contributed by atoms with Crippen LogP contribution in [0.1, 0.15) is 32.1 Å². The Morgan fingerprint density at radius 2 is 2.13 bits per heavy atom. The standard InChI is InChI=1S/C10H17ClF2N2/c11-10(12,13)9(15-14)5-8-4-6-1-2-7(8)3-6/h6-9,15H,1-5,14H2. The van der Waals surface area contributed by atoms with Gasteiger partial charge in [0.25, 0.3) is 0 Å². The van der Waals surface area contributed by atoms with Crippen molar-refractivity contribution in [3.8, 4) is 0 Å². The van der Waals surface area contributed by atoms with Crippen LogP contribution in [0.3, 0.4) is 0 Å². The summed E-state index contributed by atoms with van der Waals surface area (Å²) in [5.74, 6) is 6.90. The van der Waals surface area contributed by atoms with Crippen molar-refractivity contribution in [1.82, 2.24) is 5.43 Å². The topological polar surface area (TPSA) is 38.0 Å². The van der Waals surface area contributed by atoms with Gasteiger partial charge in [-0.25, -0.2) is 5.43 Å². The summed E-state index contributed by atoms with van der Waals surface area (Å²) < 4.78 is 25.8. The van der Waals surface area contributed by atoms with Crippen LogP contribution in [-0.2, 0) is 0 Å². The molecule has 2 aliphatic carbocycles. The van der Waals surface area contributed by atoms with Crippen LogP contribution in [0.15, 0.2) is 0 Å². The summed E-state index contributed by atoms with van der Waals surface area (Å²) in [6.07, 6.45) is 5.17. The predicted molar refractivity (Wildman–Crippen MR) is 55.5 cm³/mol. The number of hydrogen-bond acceptors (Lipinski definition) is 2. The fraction of sp³-hybridized carbons (Fsp3) is 1.00. The first kappa shape index (κ1) is 11.6. The minimum atomic E-state index is -3.24. The van der Waals surface area contributed by atoms with Gasteiger partial charge in [-0.05, 0) is 55.0 Å². The molecule has 0 radical (unpaired) electrons. The number of alkyl halides is 3. The summed E-state index contributed by atoms with van der Waals surface area (Å²) in [6.45, 7) is 0. The van der Waals surface area contributed by atoms with Crippen LogP contribution in [0.2, 0.25) is 0 Å². The minimum Gasteiger partial charge on any atom is -0.271 e. The van der Waals surface area contributed by atoms with Gasteiger partial charge in [-0.2, -0.15) is 8.78 Å². The monoisotopic (exact) mass is 238 g/mol. The van der Waals surface area contributed by atoms with E-state index >= 15 is 0 Å². The Bertz CT molecular complexity index is 232. The quantitative estimate of drug-likeness (QED) is 0.449. The van der Waals surface area contributed by atoms with Crippen molar-refractivity contribution < 1.29 is 8.78 Å². The first-order chi connectivity index (χ1) is 7.00. The zero-order valence-corrected chi connectivity index (χ0v) is 9.31. The molecular weight excluding hydrogens is 222 g/mol. The van der Waals surface area contributed by atoms with Gasteiger partial charge in [-0.15, -0.1) is 0 Å². The predicted octanol–water partition coefficient (Wildman–Crippen LogP) is 2.48. The molecule has 2 aliphatic rings. The third-order valence-corrected chi connectivity index (χ3v) is 4.28. The van der Waals surface area contributed by atoms with Crippen molar-refractivity contribution in [2.45, 2.75) is 43.5 Å². The molecule has 0 aromatic heterocycles. The SMILES string of the molecule is NNC(CC1CC2CCC1C2)C(F)(F)Cl. The second-order valence-electron chi connectivity index (χ2n) is 4.93. The van der Waals surface area contributed by atoms with Crippen molar-refractivity contribution in [2.75, 3.05) is 0 Å². The van der Waals surface area contributed by atoms with Gasteiger partial charge < -0.3 is 0 Å². The van der Waals surface area contributed by atoms with E-state index in [2.05, 4.69) is 5.43 Å². The lowest BCUT2D eigenvalue weighted by Gasteiger charge is -2.28. The van der Waals surface area contributed by atoms with Crippen molar-refractivity contribution in [3.05, 3.63) is 0 Å². The Hall–Kier alpha value is 0.0700. The molecule has 2 saturated carbocycles. The van der Waals surface area contributed by atoms with Crippen molar-refractivity contribution in [2.24, 2.45) is 23.6 Å². The van der Waals surface area contributed by atoms with E-state index in [1.165, 1.54) is 19.3 Å². The summed E-state index contributed by atoms with van der Waals surface area (Å²) in [5, 5.41) is -3.24. The molecule has 0 aromatic carbocycles. The lowest BCUT2D eigenvalue weighted by atomic mass is 9.84.